The zero-order valence-electron chi connectivity index (χ0n) is 7.52. The van der Waals surface area contributed by atoms with Crippen molar-refractivity contribution in [1.82, 2.24) is 4.90 Å². The Labute approximate surface area is 70.2 Å². The van der Waals surface area contributed by atoms with E-state index in [1.54, 1.807) is 0 Å². The molecule has 62 valence electrons. The molecule has 0 bridgehead atoms. The van der Waals surface area contributed by atoms with Crippen LogP contribution in [0.5, 0.6) is 0 Å². The van der Waals surface area contributed by atoms with Crippen LogP contribution in [0, 0.1) is 0 Å². The van der Waals surface area contributed by atoms with Crippen molar-refractivity contribution in [2.75, 3.05) is 20.6 Å². The second-order valence-corrected chi connectivity index (χ2v) is 4.93. The summed E-state index contributed by atoms with van der Waals surface area (Å²) in [5.41, 5.74) is 0. The summed E-state index contributed by atoms with van der Waals surface area (Å²) < 4.78 is 0.204. The summed E-state index contributed by atoms with van der Waals surface area (Å²) in [5, 5.41) is 0. The maximum atomic E-state index is 4.44. The van der Waals surface area contributed by atoms with Crippen molar-refractivity contribution in [2.45, 2.75) is 31.4 Å². The summed E-state index contributed by atoms with van der Waals surface area (Å²) >= 11 is 4.44. The van der Waals surface area contributed by atoms with Crippen molar-refractivity contribution in [1.29, 1.82) is 0 Å². The van der Waals surface area contributed by atoms with Gasteiger partial charge >= 0.3 is 0 Å². The van der Waals surface area contributed by atoms with Crippen LogP contribution in [-0.2, 0) is 0 Å². The van der Waals surface area contributed by atoms with Crippen LogP contribution in [0.3, 0.4) is 0 Å². The summed E-state index contributed by atoms with van der Waals surface area (Å²) in [5.74, 6) is 0. The predicted octanol–water partition coefficient (Wildman–Crippen LogP) is 2.04. The normalized spacial score (nSPS) is 12.6. The van der Waals surface area contributed by atoms with Gasteiger partial charge in [-0.1, -0.05) is 13.8 Å². The maximum Gasteiger partial charge on any atom is 0.00736 e. The molecule has 0 aromatic carbocycles. The van der Waals surface area contributed by atoms with E-state index in [-0.39, 0.29) is 4.75 Å². The van der Waals surface area contributed by atoms with E-state index in [4.69, 9.17) is 0 Å². The van der Waals surface area contributed by atoms with Gasteiger partial charge in [-0.3, -0.25) is 0 Å². The Kier molecular flexibility index (Phi) is 4.37. The van der Waals surface area contributed by atoms with Gasteiger partial charge in [-0.15, -0.1) is 0 Å². The highest BCUT2D eigenvalue weighted by atomic mass is 32.1. The minimum atomic E-state index is 0.204. The molecule has 0 N–H and O–H groups in total. The van der Waals surface area contributed by atoms with Crippen LogP contribution in [0.2, 0.25) is 0 Å². The number of hydrogen-bond acceptors (Lipinski definition) is 2. The zero-order chi connectivity index (χ0) is 8.20. The van der Waals surface area contributed by atoms with E-state index in [0.29, 0.717) is 0 Å². The Morgan fingerprint density at radius 3 is 2.10 bits per heavy atom. The van der Waals surface area contributed by atoms with Crippen molar-refractivity contribution < 1.29 is 0 Å². The highest BCUT2D eigenvalue weighted by Gasteiger charge is 2.09. The van der Waals surface area contributed by atoms with Crippen molar-refractivity contribution >= 4 is 12.6 Å². The van der Waals surface area contributed by atoms with E-state index >= 15 is 0 Å². The van der Waals surface area contributed by atoms with Crippen LogP contribution in [0.25, 0.3) is 0 Å². The van der Waals surface area contributed by atoms with Crippen molar-refractivity contribution in [3.8, 4) is 0 Å². The Balaban J connectivity index is 3.21. The largest absolute Gasteiger partial charge is 0.309 e. The van der Waals surface area contributed by atoms with Gasteiger partial charge in [-0.2, -0.15) is 12.6 Å². The number of nitrogens with zero attached hydrogens (tertiary/aromatic N) is 1. The molecule has 0 aliphatic rings. The Hall–Kier alpha value is 0.310. The van der Waals surface area contributed by atoms with Gasteiger partial charge in [-0.05, 0) is 33.5 Å². The second kappa shape index (κ2) is 4.24. The molecule has 0 aromatic rings. The van der Waals surface area contributed by atoms with Crippen molar-refractivity contribution in [3.63, 3.8) is 0 Å². The van der Waals surface area contributed by atoms with Gasteiger partial charge in [0, 0.05) is 4.75 Å². The highest BCUT2D eigenvalue weighted by molar-refractivity contribution is 7.81. The molecule has 0 unspecified atom stereocenters. The fourth-order valence-corrected chi connectivity index (χ4v) is 0.986. The van der Waals surface area contributed by atoms with E-state index in [2.05, 4.69) is 45.5 Å². The summed E-state index contributed by atoms with van der Waals surface area (Å²) in [4.78, 5) is 2.21. The lowest BCUT2D eigenvalue weighted by Gasteiger charge is -2.18. The van der Waals surface area contributed by atoms with E-state index < -0.39 is 0 Å². The molecule has 0 saturated heterocycles. The molecule has 0 amide bonds. The van der Waals surface area contributed by atoms with Crippen molar-refractivity contribution in [2.24, 2.45) is 0 Å². The second-order valence-electron chi connectivity index (χ2n) is 3.72. The molecule has 0 radical (unpaired) electrons. The summed E-state index contributed by atoms with van der Waals surface area (Å²) in [7, 11) is 4.21. The van der Waals surface area contributed by atoms with Gasteiger partial charge in [0.05, 0.1) is 0 Å². The van der Waals surface area contributed by atoms with Gasteiger partial charge in [0.2, 0.25) is 0 Å². The molecule has 0 heterocycles. The minimum Gasteiger partial charge on any atom is -0.309 e. The van der Waals surface area contributed by atoms with E-state index in [1.165, 1.54) is 19.4 Å². The molecule has 0 atom stereocenters. The van der Waals surface area contributed by atoms with Gasteiger partial charge in [0.1, 0.15) is 0 Å². The molecule has 0 aromatic heterocycles. The van der Waals surface area contributed by atoms with Crippen LogP contribution in [0.15, 0.2) is 0 Å². The molecule has 0 spiro atoms. The third-order valence-electron chi connectivity index (χ3n) is 1.39. The average molecular weight is 161 g/mol. The molecular formula is C8H19NS. The molecule has 0 saturated carbocycles. The highest BCUT2D eigenvalue weighted by Crippen LogP contribution is 2.18. The third-order valence-corrected chi connectivity index (χ3v) is 1.62. The monoisotopic (exact) mass is 161 g/mol. The third kappa shape index (κ3) is 8.31. The lowest BCUT2D eigenvalue weighted by atomic mass is 10.1. The number of rotatable bonds is 4. The fraction of sp³-hybridized carbons (Fsp3) is 1.00. The first-order valence-electron chi connectivity index (χ1n) is 3.79. The van der Waals surface area contributed by atoms with Crippen LogP contribution < -0.4 is 0 Å². The van der Waals surface area contributed by atoms with Crippen LogP contribution in [0.4, 0.5) is 0 Å². The molecule has 0 fully saturated rings. The Bertz CT molecular complexity index is 83.7. The number of hydrogen-bond donors (Lipinski definition) is 1. The molecule has 1 nitrogen and oxygen atoms in total. The summed E-state index contributed by atoms with van der Waals surface area (Å²) in [6.45, 7) is 5.49. The van der Waals surface area contributed by atoms with Gasteiger partial charge in [-0.25, -0.2) is 0 Å². The standard InChI is InChI=1S/C8H19NS/c1-8(2,10)6-5-7-9(3)4/h10H,5-7H2,1-4H3. The lowest BCUT2D eigenvalue weighted by molar-refractivity contribution is 0.385. The topological polar surface area (TPSA) is 3.24 Å². The van der Waals surface area contributed by atoms with Gasteiger partial charge in [0.25, 0.3) is 0 Å². The van der Waals surface area contributed by atoms with Crippen LogP contribution in [0.1, 0.15) is 26.7 Å². The van der Waals surface area contributed by atoms with Crippen LogP contribution >= 0.6 is 12.6 Å². The average Bonchev–Trinajstić information content (AvgIpc) is 1.59. The van der Waals surface area contributed by atoms with Gasteiger partial charge < -0.3 is 4.90 Å². The predicted molar refractivity (Wildman–Crippen MR) is 50.9 cm³/mol. The first kappa shape index (κ1) is 10.3. The maximum absolute atomic E-state index is 4.44. The molecule has 0 rings (SSSR count). The smallest absolute Gasteiger partial charge is 0.00736 e. The lowest BCUT2D eigenvalue weighted by Crippen LogP contribution is -2.17. The molecule has 0 aliphatic carbocycles. The minimum absolute atomic E-state index is 0.204. The first-order chi connectivity index (χ1) is 4.42. The fourth-order valence-electron chi connectivity index (χ4n) is 0.828. The first-order valence-corrected chi connectivity index (χ1v) is 4.24. The quantitative estimate of drug-likeness (QED) is 0.618. The number of thiol groups is 1. The molecular weight excluding hydrogens is 142 g/mol. The molecule has 10 heavy (non-hydrogen) atoms. The Morgan fingerprint density at radius 1 is 1.30 bits per heavy atom. The van der Waals surface area contributed by atoms with E-state index in [0.717, 1.165) is 0 Å². The molecule has 2 heteroatoms. The van der Waals surface area contributed by atoms with Crippen LogP contribution in [-0.4, -0.2) is 30.3 Å². The molecule has 0 aliphatic heterocycles. The van der Waals surface area contributed by atoms with Crippen molar-refractivity contribution in [3.05, 3.63) is 0 Å². The Morgan fingerprint density at radius 2 is 1.80 bits per heavy atom. The summed E-state index contributed by atoms with van der Waals surface area (Å²) in [6, 6.07) is 0. The van der Waals surface area contributed by atoms with E-state index in [9.17, 15) is 0 Å². The SMILES string of the molecule is CN(C)CCCC(C)(C)S. The van der Waals surface area contributed by atoms with E-state index in [1.807, 2.05) is 0 Å². The summed E-state index contributed by atoms with van der Waals surface area (Å²) in [6.07, 6.45) is 2.43. The zero-order valence-corrected chi connectivity index (χ0v) is 8.41. The van der Waals surface area contributed by atoms with Gasteiger partial charge in [0.15, 0.2) is 0 Å².